The highest BCUT2D eigenvalue weighted by Crippen LogP contribution is 2.44. The van der Waals surface area contributed by atoms with Crippen molar-refractivity contribution < 1.29 is 14.3 Å². The van der Waals surface area contributed by atoms with Gasteiger partial charge in [-0.05, 0) is 36.8 Å². The maximum Gasteiger partial charge on any atom is 0.359 e. The quantitative estimate of drug-likeness (QED) is 0.488. The normalized spacial score (nSPS) is 12.1. The van der Waals surface area contributed by atoms with Crippen molar-refractivity contribution in [3.8, 4) is 28.1 Å². The van der Waals surface area contributed by atoms with Gasteiger partial charge in [-0.2, -0.15) is 5.10 Å². The molecule has 2 aromatic carbocycles. The van der Waals surface area contributed by atoms with E-state index in [1.165, 1.54) is 0 Å². The van der Waals surface area contributed by atoms with Gasteiger partial charge in [-0.1, -0.05) is 45.2 Å². The van der Waals surface area contributed by atoms with Crippen LogP contribution in [-0.2, 0) is 11.3 Å². The van der Waals surface area contributed by atoms with E-state index < -0.39 is 5.97 Å². The largest absolute Gasteiger partial charge is 0.488 e. The second kappa shape index (κ2) is 7.19. The lowest BCUT2D eigenvalue weighted by Gasteiger charge is -2.20. The maximum atomic E-state index is 12.1. The molecule has 138 valence electrons. The summed E-state index contributed by atoms with van der Waals surface area (Å²) < 4.78 is 11.7. The first-order chi connectivity index (χ1) is 13.0. The Morgan fingerprint density at radius 1 is 1.26 bits per heavy atom. The van der Waals surface area contributed by atoms with Crippen LogP contribution in [0.15, 0.2) is 34.8 Å². The van der Waals surface area contributed by atoms with E-state index in [1.54, 1.807) is 19.1 Å². The first-order valence-electron chi connectivity index (χ1n) is 8.16. The number of hydrogen-bond acceptors (Lipinski definition) is 4. The zero-order valence-electron chi connectivity index (χ0n) is 14.1. The summed E-state index contributed by atoms with van der Waals surface area (Å²) in [4.78, 5) is 12.1. The fourth-order valence-electron chi connectivity index (χ4n) is 3.03. The monoisotopic (exact) mass is 466 g/mol. The third-order valence-electron chi connectivity index (χ3n) is 4.27. The number of halogens is 3. The Balaban J connectivity index is 1.85. The van der Waals surface area contributed by atoms with Crippen LogP contribution in [0.2, 0.25) is 10.0 Å². The Morgan fingerprint density at radius 3 is 2.81 bits per heavy atom. The standard InChI is InChI=1S/C19H13BrCl2N2O3/c1-2-26-19(25)18-13-8-27-16-7-14(20)11(6-12(16)17(13)23-24-18)10-4-3-9(21)5-15(10)22/h3-7H,2,8H2,1H3,(H,23,24). The van der Waals surface area contributed by atoms with Crippen molar-refractivity contribution in [1.29, 1.82) is 0 Å². The van der Waals surface area contributed by atoms with Crippen LogP contribution >= 0.6 is 39.1 Å². The minimum Gasteiger partial charge on any atom is -0.488 e. The van der Waals surface area contributed by atoms with Gasteiger partial charge in [-0.15, -0.1) is 0 Å². The Labute approximate surface area is 173 Å². The fraction of sp³-hybridized carbons (Fsp3) is 0.158. The lowest BCUT2D eigenvalue weighted by Crippen LogP contribution is -2.12. The van der Waals surface area contributed by atoms with E-state index in [4.69, 9.17) is 32.7 Å². The van der Waals surface area contributed by atoms with Gasteiger partial charge in [0.2, 0.25) is 0 Å². The molecule has 1 aromatic heterocycles. The van der Waals surface area contributed by atoms with E-state index in [9.17, 15) is 4.79 Å². The van der Waals surface area contributed by atoms with Gasteiger partial charge in [0.1, 0.15) is 12.4 Å². The van der Waals surface area contributed by atoms with Gasteiger partial charge in [0, 0.05) is 25.6 Å². The van der Waals surface area contributed by atoms with E-state index >= 15 is 0 Å². The maximum absolute atomic E-state index is 12.1. The number of hydrogen-bond donors (Lipinski definition) is 1. The summed E-state index contributed by atoms with van der Waals surface area (Å²) in [6.07, 6.45) is 0. The number of nitrogens with one attached hydrogen (secondary N) is 1. The summed E-state index contributed by atoms with van der Waals surface area (Å²) in [6.45, 7) is 2.27. The highest BCUT2D eigenvalue weighted by atomic mass is 79.9. The smallest absolute Gasteiger partial charge is 0.359 e. The van der Waals surface area contributed by atoms with Gasteiger partial charge in [-0.25, -0.2) is 4.79 Å². The van der Waals surface area contributed by atoms with Crippen LogP contribution in [-0.4, -0.2) is 22.8 Å². The number of benzene rings is 2. The molecule has 0 amide bonds. The first kappa shape index (κ1) is 18.3. The number of fused-ring (bicyclic) bond motifs is 3. The fourth-order valence-corrected chi connectivity index (χ4v) is 4.08. The molecular weight excluding hydrogens is 455 g/mol. The van der Waals surface area contributed by atoms with Crippen LogP contribution in [0.3, 0.4) is 0 Å². The predicted octanol–water partition coefficient (Wildman–Crippen LogP) is 5.88. The molecule has 0 saturated carbocycles. The molecule has 1 aliphatic heterocycles. The topological polar surface area (TPSA) is 64.2 Å². The highest BCUT2D eigenvalue weighted by molar-refractivity contribution is 9.10. The first-order valence-corrected chi connectivity index (χ1v) is 9.71. The van der Waals surface area contributed by atoms with E-state index in [1.807, 2.05) is 18.2 Å². The van der Waals surface area contributed by atoms with Crippen molar-refractivity contribution in [1.82, 2.24) is 10.2 Å². The van der Waals surface area contributed by atoms with Gasteiger partial charge in [0.15, 0.2) is 5.69 Å². The number of carbonyl (C=O) groups is 1. The van der Waals surface area contributed by atoms with Crippen molar-refractivity contribution in [3.05, 3.63) is 56.1 Å². The van der Waals surface area contributed by atoms with Gasteiger partial charge < -0.3 is 9.47 Å². The van der Waals surface area contributed by atoms with Crippen LogP contribution in [0.5, 0.6) is 5.75 Å². The molecule has 2 heterocycles. The van der Waals surface area contributed by atoms with Gasteiger partial charge in [0.25, 0.3) is 0 Å². The molecule has 0 fully saturated rings. The number of esters is 1. The van der Waals surface area contributed by atoms with E-state index in [0.717, 1.165) is 26.9 Å². The molecule has 0 aliphatic carbocycles. The SMILES string of the molecule is CCOC(=O)c1n[nH]c2c1COc1cc(Br)c(-c3ccc(Cl)cc3Cl)cc1-2. The Kier molecular flexibility index (Phi) is 4.88. The summed E-state index contributed by atoms with van der Waals surface area (Å²) in [6, 6.07) is 9.16. The summed E-state index contributed by atoms with van der Waals surface area (Å²) in [5.74, 6) is 0.211. The number of rotatable bonds is 3. The molecule has 0 unspecified atom stereocenters. The second-order valence-corrected chi connectivity index (χ2v) is 7.59. The molecule has 8 heteroatoms. The zero-order valence-corrected chi connectivity index (χ0v) is 17.2. The van der Waals surface area contributed by atoms with Crippen molar-refractivity contribution in [2.75, 3.05) is 6.61 Å². The number of aromatic nitrogens is 2. The molecule has 27 heavy (non-hydrogen) atoms. The molecule has 1 N–H and O–H groups in total. The molecule has 0 atom stereocenters. The molecule has 4 rings (SSSR count). The Hall–Kier alpha value is -2.02. The lowest BCUT2D eigenvalue weighted by molar-refractivity contribution is 0.0516. The number of H-pyrrole nitrogens is 1. The molecule has 0 spiro atoms. The molecule has 0 bridgehead atoms. The summed E-state index contributed by atoms with van der Waals surface area (Å²) >= 11 is 16.0. The zero-order chi connectivity index (χ0) is 19.1. The minimum absolute atomic E-state index is 0.237. The van der Waals surface area contributed by atoms with E-state index in [-0.39, 0.29) is 18.9 Å². The molecule has 0 saturated heterocycles. The van der Waals surface area contributed by atoms with Crippen LogP contribution in [0, 0.1) is 0 Å². The Bertz CT molecular complexity index is 1070. The molecule has 0 radical (unpaired) electrons. The van der Waals surface area contributed by atoms with E-state index in [0.29, 0.717) is 21.4 Å². The molecular formula is C19H13BrCl2N2O3. The summed E-state index contributed by atoms with van der Waals surface area (Å²) in [7, 11) is 0. The lowest BCUT2D eigenvalue weighted by atomic mass is 9.97. The third-order valence-corrected chi connectivity index (χ3v) is 5.47. The summed E-state index contributed by atoms with van der Waals surface area (Å²) in [5, 5.41) is 8.18. The number of nitrogens with zero attached hydrogens (tertiary/aromatic N) is 1. The second-order valence-electron chi connectivity index (χ2n) is 5.89. The van der Waals surface area contributed by atoms with Crippen LogP contribution in [0.25, 0.3) is 22.4 Å². The average molecular weight is 468 g/mol. The van der Waals surface area contributed by atoms with Crippen LogP contribution in [0.1, 0.15) is 23.0 Å². The van der Waals surface area contributed by atoms with Crippen molar-refractivity contribution in [2.24, 2.45) is 0 Å². The van der Waals surface area contributed by atoms with Gasteiger partial charge in [-0.3, -0.25) is 5.10 Å². The van der Waals surface area contributed by atoms with Crippen LogP contribution < -0.4 is 4.74 Å². The average Bonchev–Trinajstić information content (AvgIpc) is 3.06. The Morgan fingerprint density at radius 2 is 2.07 bits per heavy atom. The highest BCUT2D eigenvalue weighted by Gasteiger charge is 2.28. The van der Waals surface area contributed by atoms with Gasteiger partial charge >= 0.3 is 5.97 Å². The number of aromatic amines is 1. The number of carbonyl (C=O) groups excluding carboxylic acids is 1. The third kappa shape index (κ3) is 3.22. The molecule has 3 aromatic rings. The molecule has 5 nitrogen and oxygen atoms in total. The molecule has 1 aliphatic rings. The van der Waals surface area contributed by atoms with Gasteiger partial charge in [0.05, 0.1) is 17.9 Å². The number of ether oxygens (including phenoxy) is 2. The van der Waals surface area contributed by atoms with Crippen molar-refractivity contribution >= 4 is 45.1 Å². The van der Waals surface area contributed by atoms with E-state index in [2.05, 4.69) is 26.1 Å². The minimum atomic E-state index is -0.472. The predicted molar refractivity (Wildman–Crippen MR) is 107 cm³/mol. The van der Waals surface area contributed by atoms with Crippen molar-refractivity contribution in [3.63, 3.8) is 0 Å². The van der Waals surface area contributed by atoms with Crippen LogP contribution in [0.4, 0.5) is 0 Å². The van der Waals surface area contributed by atoms with Crippen molar-refractivity contribution in [2.45, 2.75) is 13.5 Å². The summed E-state index contributed by atoms with van der Waals surface area (Å²) in [5.41, 5.74) is 4.15.